The summed E-state index contributed by atoms with van der Waals surface area (Å²) in [6.45, 7) is 2.82. The molecule has 1 atom stereocenters. The summed E-state index contributed by atoms with van der Waals surface area (Å²) in [5.74, 6) is 0.157. The minimum absolute atomic E-state index is 0.157. The molecule has 3 nitrogen and oxygen atoms in total. The second-order valence-corrected chi connectivity index (χ2v) is 5.64. The van der Waals surface area contributed by atoms with Crippen LogP contribution in [0, 0.1) is 0 Å². The molecule has 0 saturated heterocycles. The van der Waals surface area contributed by atoms with Gasteiger partial charge in [-0.1, -0.05) is 34.1 Å². The Morgan fingerprint density at radius 1 is 1.44 bits per heavy atom. The molecule has 98 valence electrons. The molecule has 0 aliphatic heterocycles. The van der Waals surface area contributed by atoms with Crippen LogP contribution < -0.4 is 10.6 Å². The molecule has 1 aromatic carbocycles. The van der Waals surface area contributed by atoms with Crippen LogP contribution in [0.15, 0.2) is 28.7 Å². The molecule has 0 aromatic heterocycles. The average Bonchev–Trinajstić information content (AvgIpc) is 3.13. The first-order chi connectivity index (χ1) is 8.66. The van der Waals surface area contributed by atoms with Crippen molar-refractivity contribution >= 4 is 21.8 Å². The van der Waals surface area contributed by atoms with Gasteiger partial charge in [-0.05, 0) is 31.4 Å². The third-order valence-electron chi connectivity index (χ3n) is 3.12. The van der Waals surface area contributed by atoms with Crippen molar-refractivity contribution in [1.29, 1.82) is 0 Å². The molecule has 1 amide bonds. The SMILES string of the molecule is CC(NCCC(=O)NC1CC1)c1ccccc1Br. The first-order valence-corrected chi connectivity index (χ1v) is 7.23. The van der Waals surface area contributed by atoms with E-state index in [4.69, 9.17) is 0 Å². The monoisotopic (exact) mass is 310 g/mol. The van der Waals surface area contributed by atoms with E-state index in [0.29, 0.717) is 19.0 Å². The summed E-state index contributed by atoms with van der Waals surface area (Å²) in [5, 5.41) is 6.36. The Kier molecular flexibility index (Phi) is 4.78. The van der Waals surface area contributed by atoms with Crippen LogP contribution in [0.25, 0.3) is 0 Å². The summed E-state index contributed by atoms with van der Waals surface area (Å²) >= 11 is 3.54. The van der Waals surface area contributed by atoms with Crippen LogP contribution in [0.2, 0.25) is 0 Å². The highest BCUT2D eigenvalue weighted by atomic mass is 79.9. The second kappa shape index (κ2) is 6.34. The van der Waals surface area contributed by atoms with Gasteiger partial charge in [0.2, 0.25) is 5.91 Å². The van der Waals surface area contributed by atoms with Gasteiger partial charge in [-0.3, -0.25) is 4.79 Å². The molecule has 2 N–H and O–H groups in total. The van der Waals surface area contributed by atoms with Gasteiger partial charge in [0, 0.05) is 29.5 Å². The maximum atomic E-state index is 11.5. The summed E-state index contributed by atoms with van der Waals surface area (Å²) in [6, 6.07) is 8.85. The molecule has 0 radical (unpaired) electrons. The lowest BCUT2D eigenvalue weighted by Crippen LogP contribution is -2.30. The Balaban J connectivity index is 1.72. The molecular formula is C14H19BrN2O. The number of hydrogen-bond donors (Lipinski definition) is 2. The van der Waals surface area contributed by atoms with E-state index < -0.39 is 0 Å². The van der Waals surface area contributed by atoms with Crippen molar-refractivity contribution < 1.29 is 4.79 Å². The summed E-state index contributed by atoms with van der Waals surface area (Å²) < 4.78 is 1.10. The Hall–Kier alpha value is -0.870. The molecule has 1 aromatic rings. The number of nitrogens with one attached hydrogen (secondary N) is 2. The summed E-state index contributed by atoms with van der Waals surface area (Å²) in [4.78, 5) is 11.5. The number of hydrogen-bond acceptors (Lipinski definition) is 2. The van der Waals surface area contributed by atoms with Crippen LogP contribution in [-0.4, -0.2) is 18.5 Å². The molecule has 1 aliphatic carbocycles. The standard InChI is InChI=1S/C14H19BrN2O/c1-10(12-4-2-3-5-13(12)15)16-9-8-14(18)17-11-6-7-11/h2-5,10-11,16H,6-9H2,1H3,(H,17,18). The van der Waals surface area contributed by atoms with Gasteiger partial charge in [-0.15, -0.1) is 0 Å². The number of rotatable bonds is 6. The van der Waals surface area contributed by atoms with E-state index in [1.807, 2.05) is 18.2 Å². The van der Waals surface area contributed by atoms with Crippen LogP contribution in [0.5, 0.6) is 0 Å². The first-order valence-electron chi connectivity index (χ1n) is 6.44. The van der Waals surface area contributed by atoms with Crippen molar-refractivity contribution in [2.75, 3.05) is 6.54 Å². The number of carbonyl (C=O) groups excluding carboxylic acids is 1. The molecular weight excluding hydrogens is 292 g/mol. The number of amides is 1. The van der Waals surface area contributed by atoms with Crippen molar-refractivity contribution in [2.45, 2.75) is 38.3 Å². The van der Waals surface area contributed by atoms with Crippen molar-refractivity contribution in [3.05, 3.63) is 34.3 Å². The Morgan fingerprint density at radius 3 is 2.83 bits per heavy atom. The Bertz CT molecular complexity index is 418. The maximum absolute atomic E-state index is 11.5. The highest BCUT2D eigenvalue weighted by Gasteiger charge is 2.22. The topological polar surface area (TPSA) is 41.1 Å². The number of halogens is 1. The van der Waals surface area contributed by atoms with Crippen LogP contribution >= 0.6 is 15.9 Å². The fourth-order valence-corrected chi connectivity index (χ4v) is 2.49. The highest BCUT2D eigenvalue weighted by molar-refractivity contribution is 9.10. The lowest BCUT2D eigenvalue weighted by molar-refractivity contribution is -0.121. The van der Waals surface area contributed by atoms with Gasteiger partial charge < -0.3 is 10.6 Å². The minimum atomic E-state index is 0.157. The number of benzene rings is 1. The van der Waals surface area contributed by atoms with Crippen LogP contribution in [0.3, 0.4) is 0 Å². The zero-order valence-electron chi connectivity index (χ0n) is 10.6. The van der Waals surface area contributed by atoms with Crippen LogP contribution in [0.4, 0.5) is 0 Å². The quantitative estimate of drug-likeness (QED) is 0.848. The van der Waals surface area contributed by atoms with Gasteiger partial charge in [0.25, 0.3) is 0 Å². The normalized spacial score (nSPS) is 16.3. The molecule has 4 heteroatoms. The van der Waals surface area contributed by atoms with Gasteiger partial charge in [0.05, 0.1) is 0 Å². The largest absolute Gasteiger partial charge is 0.353 e. The van der Waals surface area contributed by atoms with Gasteiger partial charge in [-0.2, -0.15) is 0 Å². The smallest absolute Gasteiger partial charge is 0.221 e. The summed E-state index contributed by atoms with van der Waals surface area (Å²) in [6.07, 6.45) is 2.84. The molecule has 1 unspecified atom stereocenters. The zero-order valence-corrected chi connectivity index (χ0v) is 12.2. The van der Waals surface area contributed by atoms with Gasteiger partial charge >= 0.3 is 0 Å². The van der Waals surface area contributed by atoms with Gasteiger partial charge in [-0.25, -0.2) is 0 Å². The fraction of sp³-hybridized carbons (Fsp3) is 0.500. The van der Waals surface area contributed by atoms with Crippen LogP contribution in [0.1, 0.15) is 37.8 Å². The summed E-state index contributed by atoms with van der Waals surface area (Å²) in [5.41, 5.74) is 1.22. The molecule has 1 fully saturated rings. The van der Waals surface area contributed by atoms with E-state index in [0.717, 1.165) is 17.3 Å². The second-order valence-electron chi connectivity index (χ2n) is 4.79. The fourth-order valence-electron chi connectivity index (χ4n) is 1.87. The van der Waals surface area contributed by atoms with E-state index in [-0.39, 0.29) is 11.9 Å². The Labute approximate surface area is 116 Å². The number of carbonyl (C=O) groups is 1. The minimum Gasteiger partial charge on any atom is -0.353 e. The third-order valence-corrected chi connectivity index (χ3v) is 3.84. The van der Waals surface area contributed by atoms with E-state index in [1.54, 1.807) is 0 Å². The van der Waals surface area contributed by atoms with Gasteiger partial charge in [0.15, 0.2) is 0 Å². The molecule has 0 heterocycles. The third kappa shape index (κ3) is 4.10. The van der Waals surface area contributed by atoms with Crippen molar-refractivity contribution in [2.24, 2.45) is 0 Å². The van der Waals surface area contributed by atoms with Crippen LogP contribution in [-0.2, 0) is 4.79 Å². The molecule has 0 spiro atoms. The van der Waals surface area contributed by atoms with Gasteiger partial charge in [0.1, 0.15) is 0 Å². The van der Waals surface area contributed by atoms with Crippen molar-refractivity contribution in [3.63, 3.8) is 0 Å². The lowest BCUT2D eigenvalue weighted by Gasteiger charge is -2.15. The van der Waals surface area contributed by atoms with Crippen molar-refractivity contribution in [1.82, 2.24) is 10.6 Å². The Morgan fingerprint density at radius 2 is 2.17 bits per heavy atom. The van der Waals surface area contributed by atoms with E-state index in [2.05, 4.69) is 39.6 Å². The average molecular weight is 311 g/mol. The lowest BCUT2D eigenvalue weighted by atomic mass is 10.1. The molecule has 18 heavy (non-hydrogen) atoms. The molecule has 2 rings (SSSR count). The van der Waals surface area contributed by atoms with E-state index in [1.165, 1.54) is 5.56 Å². The molecule has 1 aliphatic rings. The highest BCUT2D eigenvalue weighted by Crippen LogP contribution is 2.22. The molecule has 1 saturated carbocycles. The zero-order chi connectivity index (χ0) is 13.0. The first kappa shape index (κ1) is 13.6. The molecule has 0 bridgehead atoms. The predicted octanol–water partition coefficient (Wildman–Crippen LogP) is 2.77. The summed E-state index contributed by atoms with van der Waals surface area (Å²) in [7, 11) is 0. The van der Waals surface area contributed by atoms with E-state index >= 15 is 0 Å². The van der Waals surface area contributed by atoms with Crippen molar-refractivity contribution in [3.8, 4) is 0 Å². The maximum Gasteiger partial charge on any atom is 0.221 e. The predicted molar refractivity (Wildman–Crippen MR) is 76.3 cm³/mol. The van der Waals surface area contributed by atoms with E-state index in [9.17, 15) is 4.79 Å².